The van der Waals surface area contributed by atoms with Crippen molar-refractivity contribution < 1.29 is 9.21 Å². The Hall–Kier alpha value is -4.00. The number of carbonyl (C=O) groups excluding carboxylic acids is 1. The van der Waals surface area contributed by atoms with Crippen molar-refractivity contribution in [2.24, 2.45) is 0 Å². The van der Waals surface area contributed by atoms with E-state index in [1.807, 2.05) is 72.8 Å². The monoisotopic (exact) mass is 369 g/mol. The van der Waals surface area contributed by atoms with E-state index in [0.717, 1.165) is 27.5 Å². The highest BCUT2D eigenvalue weighted by Crippen LogP contribution is 2.30. The van der Waals surface area contributed by atoms with Gasteiger partial charge in [-0.2, -0.15) is 4.80 Å². The summed E-state index contributed by atoms with van der Waals surface area (Å²) in [4.78, 5) is 13.7. The number of tetrazole rings is 1. The van der Waals surface area contributed by atoms with Crippen LogP contribution in [0.3, 0.4) is 0 Å². The largest absolute Gasteiger partial charge is 0.456 e. The molecule has 0 radical (unpaired) electrons. The highest BCUT2D eigenvalue weighted by Gasteiger charge is 2.11. The Kier molecular flexibility index (Phi) is 3.83. The normalized spacial score (nSPS) is 11.1. The van der Waals surface area contributed by atoms with Crippen LogP contribution in [-0.4, -0.2) is 26.1 Å². The van der Waals surface area contributed by atoms with Gasteiger partial charge in [0.05, 0.1) is 0 Å². The molecule has 7 heteroatoms. The topological polar surface area (TPSA) is 85.8 Å². The maximum atomic E-state index is 12.4. The third kappa shape index (κ3) is 2.99. The zero-order valence-corrected chi connectivity index (χ0v) is 14.7. The number of rotatable bonds is 4. The Morgan fingerprint density at radius 2 is 1.71 bits per heavy atom. The predicted molar refractivity (Wildman–Crippen MR) is 106 cm³/mol. The third-order valence-electron chi connectivity index (χ3n) is 4.43. The highest BCUT2D eigenvalue weighted by atomic mass is 16.3. The summed E-state index contributed by atoms with van der Waals surface area (Å²) in [6, 6.07) is 22.9. The van der Waals surface area contributed by atoms with Gasteiger partial charge in [0.1, 0.15) is 17.7 Å². The van der Waals surface area contributed by atoms with Gasteiger partial charge in [-0.3, -0.25) is 4.79 Å². The zero-order chi connectivity index (χ0) is 18.9. The lowest BCUT2D eigenvalue weighted by Crippen LogP contribution is -2.20. The van der Waals surface area contributed by atoms with Crippen LogP contribution in [0.1, 0.15) is 0 Å². The van der Waals surface area contributed by atoms with Gasteiger partial charge < -0.3 is 9.73 Å². The molecule has 5 rings (SSSR count). The van der Waals surface area contributed by atoms with Gasteiger partial charge in [-0.25, -0.2) is 0 Å². The van der Waals surface area contributed by atoms with E-state index in [-0.39, 0.29) is 12.5 Å². The van der Waals surface area contributed by atoms with E-state index in [1.54, 1.807) is 0 Å². The van der Waals surface area contributed by atoms with Crippen molar-refractivity contribution in [3.8, 4) is 11.4 Å². The standard InChI is InChI=1S/C21H15N5O2/c27-20(13-26-24-21(23-25-26)14-6-2-1-3-7-14)22-15-10-11-19-17(12-15)16-8-4-5-9-18(16)28-19/h1-12H,13H2,(H,22,27). The smallest absolute Gasteiger partial charge is 0.248 e. The van der Waals surface area contributed by atoms with Crippen LogP contribution >= 0.6 is 0 Å². The summed E-state index contributed by atoms with van der Waals surface area (Å²) in [5.74, 6) is 0.254. The maximum absolute atomic E-state index is 12.4. The van der Waals surface area contributed by atoms with Crippen LogP contribution in [0.2, 0.25) is 0 Å². The Morgan fingerprint density at radius 3 is 2.61 bits per heavy atom. The van der Waals surface area contributed by atoms with E-state index < -0.39 is 0 Å². The maximum Gasteiger partial charge on any atom is 0.248 e. The molecule has 0 atom stereocenters. The van der Waals surface area contributed by atoms with E-state index >= 15 is 0 Å². The molecule has 0 saturated heterocycles. The van der Waals surface area contributed by atoms with Crippen LogP contribution in [0.4, 0.5) is 5.69 Å². The number of aromatic nitrogens is 4. The van der Waals surface area contributed by atoms with E-state index in [0.29, 0.717) is 11.5 Å². The van der Waals surface area contributed by atoms with Gasteiger partial charge in [-0.1, -0.05) is 48.5 Å². The van der Waals surface area contributed by atoms with Gasteiger partial charge >= 0.3 is 0 Å². The second-order valence-corrected chi connectivity index (χ2v) is 6.37. The van der Waals surface area contributed by atoms with Crippen LogP contribution in [0.25, 0.3) is 33.3 Å². The van der Waals surface area contributed by atoms with Crippen molar-refractivity contribution in [2.45, 2.75) is 6.54 Å². The number of fused-ring (bicyclic) bond motifs is 3. The van der Waals surface area contributed by atoms with Gasteiger partial charge in [0.2, 0.25) is 11.7 Å². The average molecular weight is 369 g/mol. The summed E-state index contributed by atoms with van der Waals surface area (Å²) in [5, 5.41) is 17.1. The molecule has 1 N–H and O–H groups in total. The first-order chi connectivity index (χ1) is 13.8. The lowest BCUT2D eigenvalue weighted by molar-refractivity contribution is -0.117. The summed E-state index contributed by atoms with van der Waals surface area (Å²) in [6.07, 6.45) is 0. The number of anilines is 1. The molecule has 5 aromatic rings. The molecule has 28 heavy (non-hydrogen) atoms. The summed E-state index contributed by atoms with van der Waals surface area (Å²) < 4.78 is 5.81. The SMILES string of the molecule is O=C(Cn1nnc(-c2ccccc2)n1)Nc1ccc2oc3ccccc3c2c1. The molecule has 7 nitrogen and oxygen atoms in total. The summed E-state index contributed by atoms with van der Waals surface area (Å²) >= 11 is 0. The molecule has 0 fully saturated rings. The van der Waals surface area contributed by atoms with Gasteiger partial charge in [0.15, 0.2) is 0 Å². The Bertz CT molecular complexity index is 1290. The second-order valence-electron chi connectivity index (χ2n) is 6.37. The number of furan rings is 1. The molecule has 136 valence electrons. The number of carbonyl (C=O) groups is 1. The van der Waals surface area contributed by atoms with Crippen LogP contribution in [0, 0.1) is 0 Å². The second kappa shape index (κ2) is 6.62. The van der Waals surface area contributed by atoms with E-state index in [9.17, 15) is 4.79 Å². The number of nitrogens with zero attached hydrogens (tertiary/aromatic N) is 4. The van der Waals surface area contributed by atoms with Gasteiger partial charge in [0.25, 0.3) is 0 Å². The van der Waals surface area contributed by atoms with Crippen LogP contribution in [-0.2, 0) is 11.3 Å². The lowest BCUT2D eigenvalue weighted by Gasteiger charge is -2.04. The minimum absolute atomic E-state index is 0.0238. The molecule has 0 saturated carbocycles. The minimum Gasteiger partial charge on any atom is -0.456 e. The minimum atomic E-state index is -0.232. The molecule has 0 aliphatic carbocycles. The number of para-hydroxylation sites is 1. The molecule has 2 aromatic heterocycles. The van der Waals surface area contributed by atoms with E-state index in [4.69, 9.17) is 4.42 Å². The number of hydrogen-bond acceptors (Lipinski definition) is 5. The number of nitrogens with one attached hydrogen (secondary N) is 1. The molecule has 1 amide bonds. The number of benzene rings is 3. The lowest BCUT2D eigenvalue weighted by atomic mass is 10.1. The fourth-order valence-electron chi connectivity index (χ4n) is 3.15. The van der Waals surface area contributed by atoms with Crippen molar-refractivity contribution in [2.75, 3.05) is 5.32 Å². The first kappa shape index (κ1) is 16.2. The molecule has 0 aliphatic rings. The highest BCUT2D eigenvalue weighted by molar-refractivity contribution is 6.06. The molecule has 0 bridgehead atoms. The first-order valence-corrected chi connectivity index (χ1v) is 8.81. The van der Waals surface area contributed by atoms with Gasteiger partial charge in [-0.05, 0) is 29.5 Å². The fourth-order valence-corrected chi connectivity index (χ4v) is 3.15. The third-order valence-corrected chi connectivity index (χ3v) is 4.43. The van der Waals surface area contributed by atoms with Crippen LogP contribution in [0.15, 0.2) is 77.2 Å². The van der Waals surface area contributed by atoms with Crippen molar-refractivity contribution in [3.63, 3.8) is 0 Å². The summed E-state index contributed by atoms with van der Waals surface area (Å²) in [6.45, 7) is -0.0238. The number of hydrogen-bond donors (Lipinski definition) is 1. The van der Waals surface area contributed by atoms with Crippen molar-refractivity contribution >= 4 is 33.5 Å². The number of amides is 1. The fraction of sp³-hybridized carbons (Fsp3) is 0.0476. The Balaban J connectivity index is 1.34. The molecular formula is C21H15N5O2. The van der Waals surface area contributed by atoms with Gasteiger partial charge in [0, 0.05) is 22.0 Å². The Labute approximate surface area is 159 Å². The first-order valence-electron chi connectivity index (χ1n) is 8.81. The predicted octanol–water partition coefficient (Wildman–Crippen LogP) is 3.88. The quantitative estimate of drug-likeness (QED) is 0.520. The van der Waals surface area contributed by atoms with Crippen LogP contribution < -0.4 is 5.32 Å². The zero-order valence-electron chi connectivity index (χ0n) is 14.7. The summed E-state index contributed by atoms with van der Waals surface area (Å²) in [5.41, 5.74) is 3.14. The van der Waals surface area contributed by atoms with Crippen molar-refractivity contribution in [3.05, 3.63) is 72.8 Å². The van der Waals surface area contributed by atoms with E-state index in [2.05, 4.69) is 20.7 Å². The molecule has 0 aliphatic heterocycles. The molecule has 3 aromatic carbocycles. The summed E-state index contributed by atoms with van der Waals surface area (Å²) in [7, 11) is 0. The molecular weight excluding hydrogens is 354 g/mol. The Morgan fingerprint density at radius 1 is 0.929 bits per heavy atom. The molecule has 0 spiro atoms. The van der Waals surface area contributed by atoms with Crippen molar-refractivity contribution in [1.82, 2.24) is 20.2 Å². The molecule has 0 unspecified atom stereocenters. The van der Waals surface area contributed by atoms with E-state index in [1.165, 1.54) is 4.80 Å². The van der Waals surface area contributed by atoms with Crippen LogP contribution in [0.5, 0.6) is 0 Å². The average Bonchev–Trinajstić information content (AvgIpc) is 3.33. The van der Waals surface area contributed by atoms with Crippen molar-refractivity contribution in [1.29, 1.82) is 0 Å². The molecule has 2 heterocycles. The van der Waals surface area contributed by atoms with Gasteiger partial charge in [-0.15, -0.1) is 10.2 Å².